The lowest BCUT2D eigenvalue weighted by Gasteiger charge is -2.13. The third kappa shape index (κ3) is 37.9. The maximum Gasteiger partial charge on any atom is -0.0172 e. The second-order valence-corrected chi connectivity index (χ2v) is 41.0. The van der Waals surface area contributed by atoms with E-state index in [1.165, 1.54) is 198 Å². The molecule has 0 saturated heterocycles. The molecule has 0 aliphatic heterocycles. The Bertz CT molecular complexity index is 4950. The van der Waals surface area contributed by atoms with E-state index >= 15 is 0 Å². The highest BCUT2D eigenvalue weighted by atomic mass is 14.2. The van der Waals surface area contributed by atoms with Crippen LogP contribution >= 0.6 is 0 Å². The van der Waals surface area contributed by atoms with Gasteiger partial charge in [0.2, 0.25) is 0 Å². The predicted molar refractivity (Wildman–Crippen MR) is 575 cm³/mol. The Morgan fingerprint density at radius 2 is 0.269 bits per heavy atom. The van der Waals surface area contributed by atoms with Gasteiger partial charge in [-0.1, -0.05) is 453 Å². The smallest absolute Gasteiger partial charge is 0.0172 e. The molecule has 0 heterocycles. The molecule has 0 bridgehead atoms. The summed E-state index contributed by atoms with van der Waals surface area (Å²) in [5.74, 6) is 7.34. The van der Waals surface area contributed by atoms with Crippen molar-refractivity contribution in [3.05, 3.63) is 407 Å². The van der Waals surface area contributed by atoms with E-state index in [9.17, 15) is 0 Å². The van der Waals surface area contributed by atoms with Crippen LogP contribution in [0.15, 0.2) is 346 Å². The lowest BCUT2D eigenvalue weighted by molar-refractivity contribution is 0.576. The summed E-state index contributed by atoms with van der Waals surface area (Å²) in [6.45, 7) is 48.1. The van der Waals surface area contributed by atoms with Crippen LogP contribution in [0.3, 0.4) is 0 Å². The Morgan fingerprint density at radius 3 is 0.415 bits per heavy atom. The number of aryl methyl sites for hydroxylation is 6. The molecule has 680 valence electrons. The van der Waals surface area contributed by atoms with Crippen molar-refractivity contribution in [1.82, 2.24) is 0 Å². The van der Waals surface area contributed by atoms with Crippen LogP contribution in [-0.2, 0) is 64.2 Å². The molecule has 0 atom stereocenters. The molecule has 0 unspecified atom stereocenters. The third-order valence-corrected chi connectivity index (χ3v) is 23.8. The summed E-state index contributed by atoms with van der Waals surface area (Å²) in [5.41, 5.74) is 36.5. The van der Waals surface area contributed by atoms with E-state index in [4.69, 9.17) is 0 Å². The second kappa shape index (κ2) is 54.7. The second-order valence-electron chi connectivity index (χ2n) is 41.0. The van der Waals surface area contributed by atoms with Crippen molar-refractivity contribution in [3.63, 3.8) is 0 Å². The van der Waals surface area contributed by atoms with Crippen molar-refractivity contribution in [1.29, 1.82) is 0 Å². The zero-order valence-electron chi connectivity index (χ0n) is 83.8. The summed E-state index contributed by atoms with van der Waals surface area (Å²) < 4.78 is 0. The van der Waals surface area contributed by atoms with Gasteiger partial charge in [-0.05, 0) is 343 Å². The Morgan fingerprint density at radius 1 is 0.131 bits per heavy atom. The van der Waals surface area contributed by atoms with Gasteiger partial charge >= 0.3 is 0 Å². The molecule has 0 radical (unpaired) electrons. The van der Waals surface area contributed by atoms with Crippen LogP contribution in [0.25, 0.3) is 89.0 Å². The molecule has 0 amide bonds. The summed E-state index contributed by atoms with van der Waals surface area (Å²) in [6.07, 6.45) is 18.3. The van der Waals surface area contributed by atoms with Crippen LogP contribution in [0, 0.1) is 66.1 Å². The zero-order chi connectivity index (χ0) is 93.3. The Balaban J connectivity index is 0.000000184. The van der Waals surface area contributed by atoms with Gasteiger partial charge in [0.15, 0.2) is 0 Å². The summed E-state index contributed by atoms with van der Waals surface area (Å²) >= 11 is 0. The molecule has 0 aliphatic carbocycles. The van der Waals surface area contributed by atoms with Gasteiger partial charge in [0, 0.05) is 0 Å². The topological polar surface area (TPSA) is 0 Å². The first-order valence-corrected chi connectivity index (χ1v) is 49.8. The number of benzene rings is 14. The summed E-state index contributed by atoms with van der Waals surface area (Å²) in [6, 6.07) is 127. The SMILES string of the molecule is CC(C)CCc1cc(CCC(C)C)cc(CCC(C)C)c1.CC(C)Cc1ccc(-c2cc(-c3ccc(CC(C)C)cc3)cc(-c3ccc(CC(C)C)cc3)c2)cc1.CC(C)Cc1ccc(-c2cc(-c3ccccc3)cc(-c3ccc(CC(C)C)cc3)c2)cc1.Cc1cc(CCC(C)C)cc(CCC(C)C)c1.c1ccc(-c2ccccc2)cc1.c1ccc(-c2ccccc2)cc1. The first-order chi connectivity index (χ1) is 62.5. The minimum atomic E-state index is 0.670. The fourth-order valence-corrected chi connectivity index (χ4v) is 16.7. The van der Waals surface area contributed by atoms with Crippen molar-refractivity contribution in [2.75, 3.05) is 0 Å². The number of hydrogen-bond acceptors (Lipinski definition) is 0. The van der Waals surface area contributed by atoms with Crippen LogP contribution in [0.2, 0.25) is 0 Å². The molecule has 14 aromatic carbocycles. The average Bonchev–Trinajstić information content (AvgIpc) is 0.800. The highest BCUT2D eigenvalue weighted by molar-refractivity contribution is 5.83. The molecule has 0 aliphatic rings. The van der Waals surface area contributed by atoms with Gasteiger partial charge in [-0.3, -0.25) is 0 Å². The highest BCUT2D eigenvalue weighted by Crippen LogP contribution is 2.37. The van der Waals surface area contributed by atoms with E-state index in [1.807, 2.05) is 24.3 Å². The minimum Gasteiger partial charge on any atom is -0.0628 e. The molecule has 0 fully saturated rings. The fourth-order valence-electron chi connectivity index (χ4n) is 16.7. The minimum absolute atomic E-state index is 0.670. The van der Waals surface area contributed by atoms with Crippen LogP contribution in [0.1, 0.15) is 232 Å². The highest BCUT2D eigenvalue weighted by Gasteiger charge is 2.15. The van der Waals surface area contributed by atoms with Crippen LogP contribution < -0.4 is 0 Å². The normalized spacial score (nSPS) is 11.2. The maximum absolute atomic E-state index is 2.46. The number of hydrogen-bond donors (Lipinski definition) is 0. The molecule has 0 saturated carbocycles. The lowest BCUT2D eigenvalue weighted by atomic mass is 9.91. The molecule has 130 heavy (non-hydrogen) atoms. The van der Waals surface area contributed by atoms with Crippen molar-refractivity contribution in [2.24, 2.45) is 59.2 Å². The van der Waals surface area contributed by atoms with Gasteiger partial charge in [0.05, 0.1) is 0 Å². The Labute approximate surface area is 791 Å². The van der Waals surface area contributed by atoms with Crippen molar-refractivity contribution in [2.45, 2.75) is 242 Å². The van der Waals surface area contributed by atoms with Crippen LogP contribution in [0.5, 0.6) is 0 Å². The van der Waals surface area contributed by atoms with Crippen molar-refractivity contribution < 1.29 is 0 Å². The van der Waals surface area contributed by atoms with E-state index in [0.29, 0.717) is 29.6 Å². The van der Waals surface area contributed by atoms with E-state index in [1.54, 1.807) is 16.7 Å². The van der Waals surface area contributed by atoms with Gasteiger partial charge in [-0.25, -0.2) is 0 Å². The van der Waals surface area contributed by atoms with Crippen LogP contribution in [0.4, 0.5) is 0 Å². The summed E-state index contributed by atoms with van der Waals surface area (Å²) in [4.78, 5) is 0. The molecular formula is C130H160. The van der Waals surface area contributed by atoms with Crippen LogP contribution in [-0.4, -0.2) is 0 Å². The molecule has 0 N–H and O–H groups in total. The molecule has 0 aromatic heterocycles. The first kappa shape index (κ1) is 103. The average molecular weight is 1720 g/mol. The largest absolute Gasteiger partial charge is 0.0628 e. The van der Waals surface area contributed by atoms with Gasteiger partial charge in [-0.15, -0.1) is 0 Å². The Kier molecular flexibility index (Phi) is 43.2. The molecule has 0 heteroatoms. The number of rotatable bonds is 33. The molecular weight excluding hydrogens is 1560 g/mol. The van der Waals surface area contributed by atoms with Gasteiger partial charge in [-0.2, -0.15) is 0 Å². The predicted octanol–water partition coefficient (Wildman–Crippen LogP) is 37.7. The summed E-state index contributed by atoms with van der Waals surface area (Å²) in [5, 5.41) is 0. The molecule has 0 nitrogen and oxygen atoms in total. The lowest BCUT2D eigenvalue weighted by Crippen LogP contribution is -2.00. The molecule has 14 aromatic rings. The van der Waals surface area contributed by atoms with E-state index in [2.05, 4.69) is 467 Å². The van der Waals surface area contributed by atoms with E-state index in [0.717, 1.165) is 61.7 Å². The van der Waals surface area contributed by atoms with Gasteiger partial charge < -0.3 is 0 Å². The maximum atomic E-state index is 2.46. The molecule has 0 spiro atoms. The monoisotopic (exact) mass is 1720 g/mol. The summed E-state index contributed by atoms with van der Waals surface area (Å²) in [7, 11) is 0. The standard InChI is InChI=1S/C36H42.C32H34.C21H36.C17H28.2C12H10/c1-25(2)19-28-7-13-31(14-8-28)34-22-35(32-15-9-29(10-16-32)20-26(3)4)24-36(23-34)33-17-11-30(12-18-33)21-27(5)6;1-23(2)18-25-10-14-28(15-11-25)31-20-30(27-8-6-5-7-9-27)21-32(22-31)29-16-12-26(13-17-29)19-24(3)4;1-16(2)7-10-19-13-20(11-8-17(3)4)15-21(14-19)12-9-18(5)6;1-13(2)6-8-16-10-15(5)11-17(12-16)9-7-14(3)4;2*1-3-7-11(8-4-1)12-9-5-2-6-10-12/h7-18,22-27H,19-21H2,1-6H3;5-17,20-24H,18-19H2,1-4H3;13-18H,7-12H2,1-6H3;10-14H,6-9H2,1-5H3;2*1-10H. The van der Waals surface area contributed by atoms with E-state index in [-0.39, 0.29) is 0 Å². The fraction of sp³-hybridized carbons (Fsp3) is 0.354. The van der Waals surface area contributed by atoms with Crippen molar-refractivity contribution in [3.8, 4) is 89.0 Å². The van der Waals surface area contributed by atoms with Gasteiger partial charge in [0.25, 0.3) is 0 Å². The molecule has 14 rings (SSSR count). The Hall–Kier alpha value is -10.9. The zero-order valence-corrected chi connectivity index (χ0v) is 83.8. The third-order valence-electron chi connectivity index (χ3n) is 23.8. The van der Waals surface area contributed by atoms with Crippen molar-refractivity contribution >= 4 is 0 Å². The quantitative estimate of drug-likeness (QED) is 0.0385. The van der Waals surface area contributed by atoms with Gasteiger partial charge in [0.1, 0.15) is 0 Å². The van der Waals surface area contributed by atoms with E-state index < -0.39 is 0 Å². The first-order valence-electron chi connectivity index (χ1n) is 49.8.